The van der Waals surface area contributed by atoms with Crippen LogP contribution in [0.5, 0.6) is 0 Å². The van der Waals surface area contributed by atoms with E-state index in [1.54, 1.807) is 6.20 Å². The van der Waals surface area contributed by atoms with E-state index in [2.05, 4.69) is 45.7 Å². The zero-order valence-electron chi connectivity index (χ0n) is 13.8. The summed E-state index contributed by atoms with van der Waals surface area (Å²) < 4.78 is 0. The van der Waals surface area contributed by atoms with Crippen LogP contribution in [0.4, 0.5) is 23.1 Å². The molecule has 0 aliphatic heterocycles. The van der Waals surface area contributed by atoms with Crippen molar-refractivity contribution in [3.63, 3.8) is 0 Å². The van der Waals surface area contributed by atoms with Crippen LogP contribution >= 0.6 is 11.6 Å². The van der Waals surface area contributed by atoms with Crippen LogP contribution in [-0.4, -0.2) is 15.2 Å². The zero-order chi connectivity index (χ0) is 17.1. The highest BCUT2D eigenvalue weighted by Gasteiger charge is 2.06. The maximum Gasteiger partial charge on any atom is 0.249 e. The van der Waals surface area contributed by atoms with Crippen molar-refractivity contribution in [1.82, 2.24) is 15.2 Å². The van der Waals surface area contributed by atoms with Crippen LogP contribution in [0.3, 0.4) is 0 Å². The smallest absolute Gasteiger partial charge is 0.249 e. The van der Waals surface area contributed by atoms with E-state index in [-0.39, 0.29) is 0 Å². The van der Waals surface area contributed by atoms with Gasteiger partial charge in [0.15, 0.2) is 5.82 Å². The minimum atomic E-state index is 0.437. The molecule has 0 unspecified atom stereocenters. The van der Waals surface area contributed by atoms with Crippen LogP contribution < -0.4 is 10.6 Å². The number of hydrogen-bond acceptors (Lipinski definition) is 5. The molecular weight excluding hydrogens is 322 g/mol. The molecule has 24 heavy (non-hydrogen) atoms. The third-order valence-corrected chi connectivity index (χ3v) is 4.26. The van der Waals surface area contributed by atoms with E-state index in [0.717, 1.165) is 22.5 Å². The van der Waals surface area contributed by atoms with E-state index in [9.17, 15) is 0 Å². The van der Waals surface area contributed by atoms with Gasteiger partial charge < -0.3 is 10.6 Å². The molecule has 0 saturated carbocycles. The Morgan fingerprint density at radius 1 is 0.958 bits per heavy atom. The topological polar surface area (TPSA) is 62.7 Å². The van der Waals surface area contributed by atoms with E-state index in [4.69, 9.17) is 11.6 Å². The highest BCUT2D eigenvalue weighted by Crippen LogP contribution is 2.24. The Morgan fingerprint density at radius 2 is 1.79 bits per heavy atom. The Kier molecular flexibility index (Phi) is 4.62. The number of anilines is 4. The predicted molar refractivity (Wildman–Crippen MR) is 98.5 cm³/mol. The summed E-state index contributed by atoms with van der Waals surface area (Å²) in [6.45, 7) is 6.09. The van der Waals surface area contributed by atoms with Gasteiger partial charge in [0.05, 0.1) is 6.20 Å². The predicted octanol–water partition coefficient (Wildman–Crippen LogP) is 4.94. The molecule has 2 N–H and O–H groups in total. The lowest BCUT2D eigenvalue weighted by molar-refractivity contribution is 0.981. The van der Waals surface area contributed by atoms with Gasteiger partial charge in [-0.2, -0.15) is 10.1 Å². The van der Waals surface area contributed by atoms with E-state index >= 15 is 0 Å². The van der Waals surface area contributed by atoms with Crippen molar-refractivity contribution in [2.24, 2.45) is 0 Å². The summed E-state index contributed by atoms with van der Waals surface area (Å²) in [5, 5.41) is 15.1. The van der Waals surface area contributed by atoms with Gasteiger partial charge in [-0.1, -0.05) is 29.8 Å². The van der Waals surface area contributed by atoms with Gasteiger partial charge >= 0.3 is 0 Å². The normalized spacial score (nSPS) is 10.5. The van der Waals surface area contributed by atoms with E-state index in [0.29, 0.717) is 16.8 Å². The first-order valence-electron chi connectivity index (χ1n) is 7.59. The van der Waals surface area contributed by atoms with Crippen molar-refractivity contribution in [2.75, 3.05) is 10.6 Å². The molecule has 0 bridgehead atoms. The lowest BCUT2D eigenvalue weighted by Crippen LogP contribution is -2.03. The Balaban J connectivity index is 1.81. The number of halogens is 1. The summed E-state index contributed by atoms with van der Waals surface area (Å²) in [6, 6.07) is 11.8. The van der Waals surface area contributed by atoms with E-state index in [1.165, 1.54) is 5.56 Å². The van der Waals surface area contributed by atoms with Crippen LogP contribution in [0.2, 0.25) is 5.02 Å². The molecule has 5 nitrogen and oxygen atoms in total. The van der Waals surface area contributed by atoms with Gasteiger partial charge in [-0.15, -0.1) is 5.10 Å². The van der Waals surface area contributed by atoms with Crippen molar-refractivity contribution in [3.8, 4) is 0 Å². The largest absolute Gasteiger partial charge is 0.339 e. The molecule has 1 aromatic heterocycles. The third-order valence-electron chi connectivity index (χ3n) is 3.85. The Bertz CT molecular complexity index is 879. The SMILES string of the molecule is Cc1ccc(Nc2cnnc(Nc3cccc(C)c3C)n2)cc1Cl. The summed E-state index contributed by atoms with van der Waals surface area (Å²) in [5.41, 5.74) is 5.21. The molecule has 2 aromatic carbocycles. The minimum Gasteiger partial charge on any atom is -0.339 e. The fourth-order valence-corrected chi connectivity index (χ4v) is 2.42. The Morgan fingerprint density at radius 3 is 2.58 bits per heavy atom. The van der Waals surface area contributed by atoms with Gasteiger partial charge in [0.2, 0.25) is 5.95 Å². The van der Waals surface area contributed by atoms with Crippen molar-refractivity contribution in [1.29, 1.82) is 0 Å². The molecule has 122 valence electrons. The quantitative estimate of drug-likeness (QED) is 0.705. The first-order valence-corrected chi connectivity index (χ1v) is 7.97. The van der Waals surface area contributed by atoms with Gasteiger partial charge in [-0.3, -0.25) is 0 Å². The number of benzene rings is 2. The van der Waals surface area contributed by atoms with Gasteiger partial charge in [0, 0.05) is 16.4 Å². The van der Waals surface area contributed by atoms with Crippen LogP contribution in [0.15, 0.2) is 42.6 Å². The number of hydrogen-bond donors (Lipinski definition) is 2. The number of rotatable bonds is 4. The lowest BCUT2D eigenvalue weighted by atomic mass is 10.1. The number of aromatic nitrogens is 3. The fraction of sp³-hybridized carbons (Fsp3) is 0.167. The molecule has 1 heterocycles. The number of nitrogens with one attached hydrogen (secondary N) is 2. The number of aryl methyl sites for hydroxylation is 2. The van der Waals surface area contributed by atoms with Crippen LogP contribution in [0.25, 0.3) is 0 Å². The summed E-state index contributed by atoms with van der Waals surface area (Å²) in [5.74, 6) is 1.03. The van der Waals surface area contributed by atoms with Crippen LogP contribution in [-0.2, 0) is 0 Å². The molecule has 0 atom stereocenters. The monoisotopic (exact) mass is 339 g/mol. The molecule has 3 rings (SSSR count). The van der Waals surface area contributed by atoms with Gasteiger partial charge in [-0.05, 0) is 55.7 Å². The maximum absolute atomic E-state index is 6.15. The second-order valence-corrected chi connectivity index (χ2v) is 6.03. The third kappa shape index (κ3) is 3.63. The Hall–Kier alpha value is -2.66. The molecule has 0 aliphatic rings. The lowest BCUT2D eigenvalue weighted by Gasteiger charge is -2.11. The van der Waals surface area contributed by atoms with E-state index in [1.807, 2.05) is 37.3 Å². The summed E-state index contributed by atoms with van der Waals surface area (Å²) in [7, 11) is 0. The van der Waals surface area contributed by atoms with E-state index < -0.39 is 0 Å². The highest BCUT2D eigenvalue weighted by molar-refractivity contribution is 6.31. The molecule has 0 spiro atoms. The Labute approximate surface area is 146 Å². The minimum absolute atomic E-state index is 0.437. The van der Waals surface area contributed by atoms with Gasteiger partial charge in [0.25, 0.3) is 0 Å². The molecule has 0 saturated heterocycles. The van der Waals surface area contributed by atoms with Crippen molar-refractivity contribution in [2.45, 2.75) is 20.8 Å². The van der Waals surface area contributed by atoms with Gasteiger partial charge in [0.1, 0.15) is 0 Å². The number of nitrogens with zero attached hydrogens (tertiary/aromatic N) is 3. The second kappa shape index (κ2) is 6.84. The van der Waals surface area contributed by atoms with Gasteiger partial charge in [-0.25, -0.2) is 0 Å². The van der Waals surface area contributed by atoms with Crippen LogP contribution in [0, 0.1) is 20.8 Å². The zero-order valence-corrected chi connectivity index (χ0v) is 14.5. The second-order valence-electron chi connectivity index (χ2n) is 5.63. The molecule has 0 aliphatic carbocycles. The van der Waals surface area contributed by atoms with Crippen molar-refractivity contribution in [3.05, 3.63) is 64.3 Å². The van der Waals surface area contributed by atoms with Crippen molar-refractivity contribution < 1.29 is 0 Å². The molecule has 0 radical (unpaired) electrons. The standard InChI is InChI=1S/C18H18ClN5/c1-11-5-4-6-16(13(11)3)22-18-23-17(10-20-24-18)21-14-8-7-12(2)15(19)9-14/h4-10H,1-3H3,(H2,21,22,23,24). The fourth-order valence-electron chi connectivity index (χ4n) is 2.24. The maximum atomic E-state index is 6.15. The first kappa shape index (κ1) is 16.2. The molecule has 3 aromatic rings. The summed E-state index contributed by atoms with van der Waals surface area (Å²) in [6.07, 6.45) is 1.57. The molecule has 6 heteroatoms. The van der Waals surface area contributed by atoms with Crippen molar-refractivity contribution >= 4 is 34.7 Å². The average molecular weight is 340 g/mol. The summed E-state index contributed by atoms with van der Waals surface area (Å²) in [4.78, 5) is 4.45. The molecule has 0 amide bonds. The molecule has 0 fully saturated rings. The van der Waals surface area contributed by atoms with Crippen LogP contribution in [0.1, 0.15) is 16.7 Å². The first-order chi connectivity index (χ1) is 11.5. The average Bonchev–Trinajstić information content (AvgIpc) is 2.56. The highest BCUT2D eigenvalue weighted by atomic mass is 35.5. The summed E-state index contributed by atoms with van der Waals surface area (Å²) >= 11 is 6.15. The molecular formula is C18H18ClN5.